The lowest BCUT2D eigenvalue weighted by Crippen LogP contribution is -2.56. The Kier molecular flexibility index (Phi) is 9.84. The smallest absolute Gasteiger partial charge is 0.235 e. The van der Waals surface area contributed by atoms with Gasteiger partial charge in [-0.15, -0.1) is 0 Å². The van der Waals surface area contributed by atoms with Gasteiger partial charge in [0.15, 0.2) is 0 Å². The summed E-state index contributed by atoms with van der Waals surface area (Å²) in [5, 5.41) is 17.8. The van der Waals surface area contributed by atoms with Crippen molar-refractivity contribution in [2.45, 2.75) is 59.2 Å². The van der Waals surface area contributed by atoms with Gasteiger partial charge in [0.25, 0.3) is 0 Å². The molecule has 1 aliphatic carbocycles. The van der Waals surface area contributed by atoms with Gasteiger partial charge in [0.1, 0.15) is 29.9 Å². The van der Waals surface area contributed by atoms with E-state index in [0.29, 0.717) is 22.7 Å². The average molecular weight is 657 g/mol. The van der Waals surface area contributed by atoms with Crippen molar-refractivity contribution in [1.29, 1.82) is 0 Å². The molecule has 0 aliphatic heterocycles. The summed E-state index contributed by atoms with van der Waals surface area (Å²) in [6, 6.07) is 22.1. The van der Waals surface area contributed by atoms with Crippen LogP contribution in [0.2, 0.25) is 5.02 Å². The van der Waals surface area contributed by atoms with Crippen LogP contribution in [0.5, 0.6) is 5.75 Å². The lowest BCUT2D eigenvalue weighted by atomic mass is 9.61. The molecule has 4 atom stereocenters. The second-order valence-corrected chi connectivity index (χ2v) is 13.1. The van der Waals surface area contributed by atoms with Gasteiger partial charge in [0.05, 0.1) is 16.5 Å². The lowest BCUT2D eigenvalue weighted by Gasteiger charge is -2.44. The van der Waals surface area contributed by atoms with E-state index in [-0.39, 0.29) is 23.6 Å². The Hall–Kier alpha value is -4.53. The fourth-order valence-corrected chi connectivity index (χ4v) is 6.65. The van der Waals surface area contributed by atoms with Crippen LogP contribution in [0.15, 0.2) is 78.9 Å². The molecule has 244 valence electrons. The largest absolute Gasteiger partial charge is 0.489 e. The van der Waals surface area contributed by atoms with Gasteiger partial charge in [-0.3, -0.25) is 14.4 Å². The van der Waals surface area contributed by atoms with E-state index < -0.39 is 46.8 Å². The van der Waals surface area contributed by atoms with Crippen molar-refractivity contribution in [3.05, 3.63) is 123 Å². The number of halogens is 2. The van der Waals surface area contributed by atoms with Crippen molar-refractivity contribution in [2.24, 2.45) is 11.8 Å². The van der Waals surface area contributed by atoms with E-state index in [9.17, 15) is 23.9 Å². The number of carbonyl (C=O) groups is 3. The molecule has 0 spiro atoms. The molecule has 3 N–H and O–H groups in total. The first-order chi connectivity index (χ1) is 22.2. The van der Waals surface area contributed by atoms with Gasteiger partial charge in [0.2, 0.25) is 11.8 Å². The number of hydrogen-bond donors (Lipinski definition) is 3. The van der Waals surface area contributed by atoms with Gasteiger partial charge in [-0.25, -0.2) is 4.39 Å². The summed E-state index contributed by atoms with van der Waals surface area (Å²) in [7, 11) is 0. The van der Waals surface area contributed by atoms with Crippen molar-refractivity contribution in [2.75, 3.05) is 10.6 Å². The van der Waals surface area contributed by atoms with Crippen LogP contribution >= 0.6 is 11.6 Å². The molecule has 9 heteroatoms. The van der Waals surface area contributed by atoms with Crippen LogP contribution in [-0.2, 0) is 21.0 Å². The Morgan fingerprint density at radius 1 is 0.894 bits per heavy atom. The quantitative estimate of drug-likeness (QED) is 0.169. The summed E-state index contributed by atoms with van der Waals surface area (Å²) in [6.45, 7) is 8.96. The normalized spacial score (nSPS) is 20.9. The zero-order valence-electron chi connectivity index (χ0n) is 27.0. The molecular formula is C38H38ClFN2O5. The zero-order valence-corrected chi connectivity index (χ0v) is 27.7. The molecule has 1 saturated carbocycles. The van der Waals surface area contributed by atoms with Crippen LogP contribution in [0.4, 0.5) is 15.8 Å². The Balaban J connectivity index is 1.52. The Labute approximate surface area is 279 Å². The fourth-order valence-electron chi connectivity index (χ4n) is 6.43. The molecule has 47 heavy (non-hydrogen) atoms. The van der Waals surface area contributed by atoms with Crippen molar-refractivity contribution in [3.8, 4) is 5.75 Å². The maximum Gasteiger partial charge on any atom is 0.235 e. The monoisotopic (exact) mass is 656 g/mol. The predicted octanol–water partition coefficient (Wildman–Crippen LogP) is 7.61. The van der Waals surface area contributed by atoms with Gasteiger partial charge in [-0.1, -0.05) is 65.2 Å². The molecule has 1 fully saturated rings. The number of aryl methyl sites for hydroxylation is 4. The van der Waals surface area contributed by atoms with E-state index >= 15 is 0 Å². The highest BCUT2D eigenvalue weighted by molar-refractivity contribution is 6.31. The highest BCUT2D eigenvalue weighted by atomic mass is 35.5. The SMILES string of the molecule is Cc1ccc(NC(=O)C2C(=O)CC(C)(O)C(C(=O)Nc3ccc(C)cc3C)C2c2ccc(OCc3c(F)cccc3Cl)cc2)c(C)c1. The van der Waals surface area contributed by atoms with Crippen molar-refractivity contribution < 1.29 is 28.6 Å². The topological polar surface area (TPSA) is 105 Å². The van der Waals surface area contributed by atoms with E-state index in [1.165, 1.54) is 19.1 Å². The number of rotatable bonds is 8. The van der Waals surface area contributed by atoms with Gasteiger partial charge < -0.3 is 20.5 Å². The number of nitrogens with one attached hydrogen (secondary N) is 2. The van der Waals surface area contributed by atoms with Crippen LogP contribution in [0.25, 0.3) is 0 Å². The molecular weight excluding hydrogens is 619 g/mol. The molecule has 0 bridgehead atoms. The Bertz CT molecular complexity index is 1820. The number of anilines is 2. The molecule has 7 nitrogen and oxygen atoms in total. The van der Waals surface area contributed by atoms with Crippen molar-refractivity contribution >= 4 is 40.6 Å². The van der Waals surface area contributed by atoms with Crippen LogP contribution in [0.3, 0.4) is 0 Å². The van der Waals surface area contributed by atoms with Crippen LogP contribution in [0.1, 0.15) is 52.6 Å². The number of benzene rings is 4. The summed E-state index contributed by atoms with van der Waals surface area (Å²) >= 11 is 6.15. The van der Waals surface area contributed by atoms with Crippen molar-refractivity contribution in [1.82, 2.24) is 0 Å². The number of ketones is 1. The molecule has 0 aromatic heterocycles. The highest BCUT2D eigenvalue weighted by Crippen LogP contribution is 2.47. The predicted molar refractivity (Wildman–Crippen MR) is 181 cm³/mol. The van der Waals surface area contributed by atoms with Crippen molar-refractivity contribution in [3.63, 3.8) is 0 Å². The Morgan fingerprint density at radius 2 is 1.47 bits per heavy atom. The first-order valence-electron chi connectivity index (χ1n) is 15.4. The third kappa shape index (κ3) is 7.39. The molecule has 4 aromatic rings. The van der Waals surface area contributed by atoms with E-state index in [1.807, 2.05) is 52.0 Å². The minimum Gasteiger partial charge on any atom is -0.489 e. The molecule has 5 rings (SSSR count). The average Bonchev–Trinajstić information content (AvgIpc) is 2.99. The third-order valence-corrected chi connectivity index (χ3v) is 9.18. The maximum atomic E-state index is 14.3. The van der Waals surface area contributed by atoms with Gasteiger partial charge in [-0.2, -0.15) is 0 Å². The summed E-state index contributed by atoms with van der Waals surface area (Å²) in [5.41, 5.74) is 3.75. The molecule has 1 aliphatic rings. The van der Waals surface area contributed by atoms with E-state index in [1.54, 1.807) is 42.5 Å². The summed E-state index contributed by atoms with van der Waals surface area (Å²) < 4.78 is 20.1. The zero-order chi connectivity index (χ0) is 34.0. The number of amides is 2. The molecule has 0 heterocycles. The maximum absolute atomic E-state index is 14.3. The molecule has 4 unspecified atom stereocenters. The number of carbonyl (C=O) groups excluding carboxylic acids is 3. The van der Waals surface area contributed by atoms with Crippen LogP contribution < -0.4 is 15.4 Å². The number of hydrogen-bond acceptors (Lipinski definition) is 5. The molecule has 0 radical (unpaired) electrons. The first-order valence-corrected chi connectivity index (χ1v) is 15.8. The second-order valence-electron chi connectivity index (χ2n) is 12.7. The molecule has 0 saturated heterocycles. The van der Waals surface area contributed by atoms with Crippen LogP contribution in [-0.4, -0.2) is 28.3 Å². The van der Waals surface area contributed by atoms with Gasteiger partial charge in [0, 0.05) is 29.3 Å². The molecule has 2 amide bonds. The minimum atomic E-state index is -1.77. The van der Waals surface area contributed by atoms with Gasteiger partial charge >= 0.3 is 0 Å². The fraction of sp³-hybridized carbons (Fsp3) is 0.289. The second kappa shape index (κ2) is 13.7. The summed E-state index contributed by atoms with van der Waals surface area (Å²) in [4.78, 5) is 41.9. The first kappa shape index (κ1) is 33.8. The third-order valence-electron chi connectivity index (χ3n) is 8.82. The number of ether oxygens (including phenoxy) is 1. The van der Waals surface area contributed by atoms with E-state index in [0.717, 1.165) is 22.3 Å². The van der Waals surface area contributed by atoms with E-state index in [2.05, 4.69) is 10.6 Å². The summed E-state index contributed by atoms with van der Waals surface area (Å²) in [5.74, 6) is -5.17. The lowest BCUT2D eigenvalue weighted by molar-refractivity contribution is -0.150. The summed E-state index contributed by atoms with van der Waals surface area (Å²) in [6.07, 6.45) is -0.385. The van der Waals surface area contributed by atoms with Gasteiger partial charge in [-0.05, 0) is 87.7 Å². The Morgan fingerprint density at radius 3 is 2.02 bits per heavy atom. The van der Waals surface area contributed by atoms with E-state index in [4.69, 9.17) is 16.3 Å². The molecule has 4 aromatic carbocycles. The number of aliphatic hydroxyl groups is 1. The highest BCUT2D eigenvalue weighted by Gasteiger charge is 2.56. The number of Topliss-reactive ketones (excluding diaryl/α,β-unsaturated/α-hetero) is 1. The van der Waals surface area contributed by atoms with Crippen LogP contribution in [0, 0.1) is 45.3 Å². The minimum absolute atomic E-state index is 0.122. The standard InChI is InChI=1S/C38H38ClFN2O5/c1-21-9-15-30(23(3)17-21)41-36(44)34-32(43)19-38(5,46)35(37(45)42-31-16-10-22(2)18-24(31)4)33(34)25-11-13-26(14-12-25)47-20-27-28(39)7-6-8-29(27)40/h6-18,33-35,46H,19-20H2,1-5H3,(H,41,44)(H,42,45).